The molecule has 2 amide bonds. The summed E-state index contributed by atoms with van der Waals surface area (Å²) < 4.78 is 5.92. The normalized spacial score (nSPS) is 23.3. The number of carbonyl (C=O) groups excluding carboxylic acids is 2. The summed E-state index contributed by atoms with van der Waals surface area (Å²) in [7, 11) is 0. The van der Waals surface area contributed by atoms with Gasteiger partial charge in [0.1, 0.15) is 5.75 Å². The van der Waals surface area contributed by atoms with Crippen molar-refractivity contribution in [3.8, 4) is 5.75 Å². The van der Waals surface area contributed by atoms with E-state index in [0.29, 0.717) is 36.3 Å². The average Bonchev–Trinajstić information content (AvgIpc) is 3.37. The molecular weight excluding hydrogens is 340 g/mol. The molecule has 0 aromatic heterocycles. The molecule has 1 saturated carbocycles. The minimum Gasteiger partial charge on any atom is -0.493 e. The van der Waals surface area contributed by atoms with Gasteiger partial charge in [-0.3, -0.25) is 9.59 Å². The molecule has 2 aliphatic rings. The van der Waals surface area contributed by atoms with E-state index in [0.717, 1.165) is 32.2 Å². The highest BCUT2D eigenvalue weighted by Gasteiger charge is 2.40. The smallest absolute Gasteiger partial charge is 0.222 e. The predicted octanol–water partition coefficient (Wildman–Crippen LogP) is 3.00. The van der Waals surface area contributed by atoms with Crippen LogP contribution in [0.3, 0.4) is 0 Å². The topological polar surface area (TPSA) is 72.6 Å². The second-order valence-electron chi connectivity index (χ2n) is 7.46. The van der Waals surface area contributed by atoms with Crippen LogP contribution in [0.1, 0.15) is 38.5 Å². The van der Waals surface area contributed by atoms with Gasteiger partial charge in [-0.2, -0.15) is 0 Å². The van der Waals surface area contributed by atoms with Gasteiger partial charge >= 0.3 is 0 Å². The third-order valence-electron chi connectivity index (χ3n) is 5.06. The zero-order chi connectivity index (χ0) is 17.9. The SMILES string of the molecule is NC(=O)CC1(COc2cccc(Cl)c2)CCCN(C(=O)CC2CC2)C1. The molecule has 1 atom stereocenters. The summed E-state index contributed by atoms with van der Waals surface area (Å²) in [5, 5.41) is 0.603. The summed E-state index contributed by atoms with van der Waals surface area (Å²) in [5.41, 5.74) is 5.07. The minimum absolute atomic E-state index is 0.193. The van der Waals surface area contributed by atoms with Gasteiger partial charge in [-0.15, -0.1) is 0 Å². The van der Waals surface area contributed by atoms with Gasteiger partial charge in [-0.25, -0.2) is 0 Å². The Morgan fingerprint density at radius 3 is 2.84 bits per heavy atom. The molecule has 1 aromatic rings. The van der Waals surface area contributed by atoms with Crippen molar-refractivity contribution in [3.63, 3.8) is 0 Å². The van der Waals surface area contributed by atoms with Crippen molar-refractivity contribution in [2.45, 2.75) is 38.5 Å². The first kappa shape index (κ1) is 18.1. The number of benzene rings is 1. The molecule has 1 aromatic carbocycles. The Bertz CT molecular complexity index is 647. The van der Waals surface area contributed by atoms with Gasteiger partial charge < -0.3 is 15.4 Å². The molecule has 0 spiro atoms. The number of hydrogen-bond acceptors (Lipinski definition) is 3. The highest BCUT2D eigenvalue weighted by Crippen LogP contribution is 2.37. The Hall–Kier alpha value is -1.75. The van der Waals surface area contributed by atoms with Crippen LogP contribution in [0.4, 0.5) is 0 Å². The molecule has 1 unspecified atom stereocenters. The van der Waals surface area contributed by atoms with E-state index in [1.165, 1.54) is 0 Å². The Morgan fingerprint density at radius 2 is 2.16 bits per heavy atom. The summed E-state index contributed by atoms with van der Waals surface area (Å²) in [5.74, 6) is 1.06. The lowest BCUT2D eigenvalue weighted by molar-refractivity contribution is -0.137. The van der Waals surface area contributed by atoms with E-state index in [4.69, 9.17) is 22.1 Å². The van der Waals surface area contributed by atoms with Crippen molar-refractivity contribution in [1.29, 1.82) is 0 Å². The number of piperidine rings is 1. The number of hydrogen-bond donors (Lipinski definition) is 1. The van der Waals surface area contributed by atoms with Crippen LogP contribution in [0.2, 0.25) is 5.02 Å². The Balaban J connectivity index is 1.68. The summed E-state index contributed by atoms with van der Waals surface area (Å²) in [4.78, 5) is 26.0. The van der Waals surface area contributed by atoms with Crippen LogP contribution in [-0.2, 0) is 9.59 Å². The summed E-state index contributed by atoms with van der Waals surface area (Å²) in [6.45, 7) is 1.63. The highest BCUT2D eigenvalue weighted by atomic mass is 35.5. The Morgan fingerprint density at radius 1 is 1.36 bits per heavy atom. The lowest BCUT2D eigenvalue weighted by Gasteiger charge is -2.42. The number of nitrogens with two attached hydrogens (primary N) is 1. The number of nitrogens with zero attached hydrogens (tertiary/aromatic N) is 1. The first-order chi connectivity index (χ1) is 12.0. The largest absolute Gasteiger partial charge is 0.493 e. The van der Waals surface area contributed by atoms with E-state index in [-0.39, 0.29) is 18.2 Å². The van der Waals surface area contributed by atoms with Gasteiger partial charge in [-0.1, -0.05) is 17.7 Å². The van der Waals surface area contributed by atoms with Gasteiger partial charge in [-0.05, 0) is 49.8 Å². The molecule has 2 fully saturated rings. The maximum absolute atomic E-state index is 12.5. The van der Waals surface area contributed by atoms with E-state index in [1.54, 1.807) is 12.1 Å². The molecule has 5 nitrogen and oxygen atoms in total. The van der Waals surface area contributed by atoms with E-state index >= 15 is 0 Å². The summed E-state index contributed by atoms with van der Waals surface area (Å²) >= 11 is 6.00. The fourth-order valence-electron chi connectivity index (χ4n) is 3.59. The van der Waals surface area contributed by atoms with E-state index in [9.17, 15) is 9.59 Å². The first-order valence-corrected chi connectivity index (χ1v) is 9.28. The molecule has 6 heteroatoms. The number of ether oxygens (including phenoxy) is 1. The average molecular weight is 365 g/mol. The lowest BCUT2D eigenvalue weighted by atomic mass is 9.77. The number of carbonyl (C=O) groups is 2. The van der Waals surface area contributed by atoms with Gasteiger partial charge in [0.05, 0.1) is 6.61 Å². The number of likely N-dealkylation sites (tertiary alicyclic amines) is 1. The molecule has 1 saturated heterocycles. The van der Waals surface area contributed by atoms with Gasteiger partial charge in [0, 0.05) is 36.4 Å². The standard InChI is InChI=1S/C19H25ClN2O3/c20-15-3-1-4-16(10-15)25-13-19(11-17(21)23)7-2-8-22(12-19)18(24)9-14-5-6-14/h1,3-4,10,14H,2,5-9,11-13H2,(H2,21,23). The van der Waals surface area contributed by atoms with Gasteiger partial charge in [0.15, 0.2) is 0 Å². The molecule has 136 valence electrons. The highest BCUT2D eigenvalue weighted by molar-refractivity contribution is 6.30. The van der Waals surface area contributed by atoms with Crippen LogP contribution in [0.5, 0.6) is 5.75 Å². The summed E-state index contributed by atoms with van der Waals surface area (Å²) in [6.07, 6.45) is 4.85. The maximum Gasteiger partial charge on any atom is 0.222 e. The van der Waals surface area contributed by atoms with Crippen molar-refractivity contribution < 1.29 is 14.3 Å². The zero-order valence-electron chi connectivity index (χ0n) is 14.4. The number of halogens is 1. The zero-order valence-corrected chi connectivity index (χ0v) is 15.1. The van der Waals surface area contributed by atoms with Gasteiger partial charge in [0.25, 0.3) is 0 Å². The van der Waals surface area contributed by atoms with Crippen LogP contribution >= 0.6 is 11.6 Å². The van der Waals surface area contributed by atoms with E-state index < -0.39 is 5.41 Å². The van der Waals surface area contributed by atoms with Crippen molar-refractivity contribution in [3.05, 3.63) is 29.3 Å². The van der Waals surface area contributed by atoms with E-state index in [1.807, 2.05) is 17.0 Å². The molecule has 3 rings (SSSR count). The van der Waals surface area contributed by atoms with Crippen molar-refractivity contribution >= 4 is 23.4 Å². The summed E-state index contributed by atoms with van der Waals surface area (Å²) in [6, 6.07) is 7.19. The predicted molar refractivity (Wildman–Crippen MR) is 96.3 cm³/mol. The van der Waals surface area contributed by atoms with Crippen LogP contribution in [0.25, 0.3) is 0 Å². The third-order valence-corrected chi connectivity index (χ3v) is 5.30. The van der Waals surface area contributed by atoms with E-state index in [2.05, 4.69) is 0 Å². The lowest BCUT2D eigenvalue weighted by Crippen LogP contribution is -2.50. The molecular formula is C19H25ClN2O3. The Labute approximate surface area is 153 Å². The molecule has 1 aliphatic carbocycles. The molecule has 0 bridgehead atoms. The second-order valence-corrected chi connectivity index (χ2v) is 7.89. The third kappa shape index (κ3) is 5.11. The molecule has 1 aliphatic heterocycles. The fraction of sp³-hybridized carbons (Fsp3) is 0.579. The fourth-order valence-corrected chi connectivity index (χ4v) is 3.78. The van der Waals surface area contributed by atoms with Crippen LogP contribution in [0.15, 0.2) is 24.3 Å². The first-order valence-electron chi connectivity index (χ1n) is 8.90. The second kappa shape index (κ2) is 7.65. The van der Waals surface area contributed by atoms with Gasteiger partial charge in [0.2, 0.25) is 11.8 Å². The number of amides is 2. The van der Waals surface area contributed by atoms with Crippen LogP contribution in [0, 0.1) is 11.3 Å². The Kier molecular flexibility index (Phi) is 5.52. The quantitative estimate of drug-likeness (QED) is 0.808. The van der Waals surface area contributed by atoms with Crippen LogP contribution in [-0.4, -0.2) is 36.4 Å². The van der Waals surface area contributed by atoms with Crippen molar-refractivity contribution in [2.75, 3.05) is 19.7 Å². The maximum atomic E-state index is 12.5. The van der Waals surface area contributed by atoms with Crippen LogP contribution < -0.4 is 10.5 Å². The van der Waals surface area contributed by atoms with Crippen molar-refractivity contribution in [2.24, 2.45) is 17.1 Å². The number of primary amides is 1. The molecule has 2 N–H and O–H groups in total. The number of rotatable bonds is 7. The van der Waals surface area contributed by atoms with Crippen molar-refractivity contribution in [1.82, 2.24) is 4.90 Å². The molecule has 25 heavy (non-hydrogen) atoms. The molecule has 1 heterocycles. The minimum atomic E-state index is -0.425. The molecule has 0 radical (unpaired) electrons. The monoisotopic (exact) mass is 364 g/mol.